The lowest BCUT2D eigenvalue weighted by Crippen LogP contribution is -2.33. The third-order valence-corrected chi connectivity index (χ3v) is 3.62. The molecule has 0 bridgehead atoms. The zero-order valence-corrected chi connectivity index (χ0v) is 11.5. The Morgan fingerprint density at radius 1 is 1.44 bits per heavy atom. The molecule has 1 aromatic heterocycles. The molecule has 1 aromatic rings. The second kappa shape index (κ2) is 6.85. The van der Waals surface area contributed by atoms with E-state index in [0.29, 0.717) is 6.04 Å². The van der Waals surface area contributed by atoms with Crippen LogP contribution in [0.3, 0.4) is 0 Å². The predicted molar refractivity (Wildman–Crippen MR) is 70.4 cm³/mol. The summed E-state index contributed by atoms with van der Waals surface area (Å²) in [5, 5.41) is 7.22. The van der Waals surface area contributed by atoms with Gasteiger partial charge in [-0.1, -0.05) is 18.5 Å². The molecule has 0 amide bonds. The molecule has 5 nitrogen and oxygen atoms in total. The molecule has 1 atom stereocenters. The molecule has 2 heterocycles. The van der Waals surface area contributed by atoms with Gasteiger partial charge in [0.2, 0.25) is 5.89 Å². The molecule has 1 aliphatic heterocycles. The van der Waals surface area contributed by atoms with E-state index in [0.717, 1.165) is 50.6 Å². The van der Waals surface area contributed by atoms with Crippen molar-refractivity contribution in [3.05, 3.63) is 11.7 Å². The molecule has 1 fully saturated rings. The van der Waals surface area contributed by atoms with Crippen molar-refractivity contribution in [1.82, 2.24) is 20.4 Å². The maximum atomic E-state index is 5.44. The van der Waals surface area contributed by atoms with Crippen LogP contribution in [0.15, 0.2) is 4.52 Å². The number of aromatic nitrogens is 2. The van der Waals surface area contributed by atoms with Gasteiger partial charge in [0.15, 0.2) is 5.82 Å². The molecule has 0 aromatic carbocycles. The van der Waals surface area contributed by atoms with Gasteiger partial charge in [0, 0.05) is 6.42 Å². The van der Waals surface area contributed by atoms with E-state index < -0.39 is 0 Å². The fourth-order valence-corrected chi connectivity index (χ4v) is 2.58. The SMILES string of the molecule is CCN1CCCCC1c1nc(CCCNC)no1. The first-order chi connectivity index (χ1) is 8.85. The van der Waals surface area contributed by atoms with Crippen LogP contribution < -0.4 is 5.32 Å². The Kier molecular flexibility index (Phi) is 5.13. The van der Waals surface area contributed by atoms with E-state index in [1.54, 1.807) is 0 Å². The van der Waals surface area contributed by atoms with Gasteiger partial charge in [-0.15, -0.1) is 0 Å². The molecular formula is C13H24N4O. The van der Waals surface area contributed by atoms with E-state index in [-0.39, 0.29) is 0 Å². The van der Waals surface area contributed by atoms with Crippen molar-refractivity contribution >= 4 is 0 Å². The largest absolute Gasteiger partial charge is 0.338 e. The number of piperidine rings is 1. The van der Waals surface area contributed by atoms with Crippen molar-refractivity contribution in [3.8, 4) is 0 Å². The van der Waals surface area contributed by atoms with E-state index in [2.05, 4.69) is 27.3 Å². The van der Waals surface area contributed by atoms with Gasteiger partial charge in [-0.05, 0) is 45.9 Å². The first kappa shape index (κ1) is 13.5. The van der Waals surface area contributed by atoms with Crippen molar-refractivity contribution in [1.29, 1.82) is 0 Å². The van der Waals surface area contributed by atoms with Gasteiger partial charge < -0.3 is 9.84 Å². The van der Waals surface area contributed by atoms with Gasteiger partial charge in [0.1, 0.15) is 0 Å². The highest BCUT2D eigenvalue weighted by atomic mass is 16.5. The van der Waals surface area contributed by atoms with Crippen molar-refractivity contribution in [3.63, 3.8) is 0 Å². The summed E-state index contributed by atoms with van der Waals surface area (Å²) in [6, 6.07) is 0.342. The Bertz CT molecular complexity index is 353. The number of nitrogens with one attached hydrogen (secondary N) is 1. The van der Waals surface area contributed by atoms with Crippen molar-refractivity contribution in [2.75, 3.05) is 26.7 Å². The summed E-state index contributed by atoms with van der Waals surface area (Å²) < 4.78 is 5.44. The Morgan fingerprint density at radius 3 is 3.11 bits per heavy atom. The molecule has 0 radical (unpaired) electrons. The molecule has 0 spiro atoms. The standard InChI is InChI=1S/C13H24N4O/c1-3-17-10-5-4-7-11(17)13-15-12(16-18-13)8-6-9-14-2/h11,14H,3-10H2,1-2H3. The van der Waals surface area contributed by atoms with Gasteiger partial charge in [-0.2, -0.15) is 4.98 Å². The predicted octanol–water partition coefficient (Wildman–Crippen LogP) is 1.77. The molecule has 1 N–H and O–H groups in total. The third kappa shape index (κ3) is 3.29. The summed E-state index contributed by atoms with van der Waals surface area (Å²) >= 11 is 0. The first-order valence-corrected chi connectivity index (χ1v) is 7.06. The molecule has 18 heavy (non-hydrogen) atoms. The minimum Gasteiger partial charge on any atom is -0.338 e. The van der Waals surface area contributed by atoms with Crippen LogP contribution in [-0.4, -0.2) is 41.7 Å². The maximum absolute atomic E-state index is 5.44. The van der Waals surface area contributed by atoms with Crippen LogP contribution in [0.25, 0.3) is 0 Å². The van der Waals surface area contributed by atoms with Gasteiger partial charge in [-0.3, -0.25) is 4.90 Å². The molecule has 5 heteroatoms. The Labute approximate surface area is 109 Å². The number of nitrogens with zero attached hydrogens (tertiary/aromatic N) is 3. The zero-order valence-electron chi connectivity index (χ0n) is 11.5. The number of hydrogen-bond acceptors (Lipinski definition) is 5. The quantitative estimate of drug-likeness (QED) is 0.782. The van der Waals surface area contributed by atoms with Gasteiger partial charge in [-0.25, -0.2) is 0 Å². The van der Waals surface area contributed by atoms with Crippen molar-refractivity contribution in [2.45, 2.75) is 45.1 Å². The summed E-state index contributed by atoms with van der Waals surface area (Å²) in [4.78, 5) is 7.00. The highest BCUT2D eigenvalue weighted by Gasteiger charge is 2.27. The summed E-state index contributed by atoms with van der Waals surface area (Å²) in [5.74, 6) is 1.66. The minimum atomic E-state index is 0.342. The van der Waals surface area contributed by atoms with Crippen LogP contribution in [-0.2, 0) is 6.42 Å². The molecule has 1 unspecified atom stereocenters. The van der Waals surface area contributed by atoms with E-state index in [4.69, 9.17) is 4.52 Å². The van der Waals surface area contributed by atoms with Crippen LogP contribution in [0.2, 0.25) is 0 Å². The number of rotatable bonds is 6. The third-order valence-electron chi connectivity index (χ3n) is 3.62. The number of aryl methyl sites for hydroxylation is 1. The van der Waals surface area contributed by atoms with Crippen LogP contribution >= 0.6 is 0 Å². The van der Waals surface area contributed by atoms with E-state index in [1.165, 1.54) is 12.8 Å². The normalized spacial score (nSPS) is 21.3. The van der Waals surface area contributed by atoms with Gasteiger partial charge in [0.25, 0.3) is 0 Å². The Hall–Kier alpha value is -0.940. The Morgan fingerprint density at radius 2 is 2.33 bits per heavy atom. The number of likely N-dealkylation sites (tertiary alicyclic amines) is 1. The molecule has 0 aliphatic carbocycles. The molecular weight excluding hydrogens is 228 g/mol. The fraction of sp³-hybridized carbons (Fsp3) is 0.846. The lowest BCUT2D eigenvalue weighted by atomic mass is 10.0. The zero-order chi connectivity index (χ0) is 12.8. The van der Waals surface area contributed by atoms with Gasteiger partial charge in [0.05, 0.1) is 6.04 Å². The van der Waals surface area contributed by atoms with E-state index in [1.807, 2.05) is 7.05 Å². The van der Waals surface area contributed by atoms with Gasteiger partial charge >= 0.3 is 0 Å². The van der Waals surface area contributed by atoms with Crippen molar-refractivity contribution < 1.29 is 4.52 Å². The molecule has 1 aliphatic rings. The Balaban J connectivity index is 1.95. The van der Waals surface area contributed by atoms with Crippen LogP contribution in [0, 0.1) is 0 Å². The average molecular weight is 252 g/mol. The van der Waals surface area contributed by atoms with E-state index in [9.17, 15) is 0 Å². The summed E-state index contributed by atoms with van der Waals surface area (Å²) in [5.41, 5.74) is 0. The first-order valence-electron chi connectivity index (χ1n) is 7.06. The van der Waals surface area contributed by atoms with Crippen LogP contribution in [0.5, 0.6) is 0 Å². The minimum absolute atomic E-state index is 0.342. The van der Waals surface area contributed by atoms with E-state index >= 15 is 0 Å². The summed E-state index contributed by atoms with van der Waals surface area (Å²) in [6.45, 7) is 5.40. The summed E-state index contributed by atoms with van der Waals surface area (Å²) in [7, 11) is 1.96. The van der Waals surface area contributed by atoms with Crippen LogP contribution in [0.4, 0.5) is 0 Å². The second-order valence-corrected chi connectivity index (χ2v) is 4.90. The molecule has 2 rings (SSSR count). The molecule has 1 saturated heterocycles. The maximum Gasteiger partial charge on any atom is 0.243 e. The molecule has 0 saturated carbocycles. The lowest BCUT2D eigenvalue weighted by Gasteiger charge is -2.32. The summed E-state index contributed by atoms with van der Waals surface area (Å²) in [6.07, 6.45) is 5.64. The smallest absolute Gasteiger partial charge is 0.243 e. The average Bonchev–Trinajstić information content (AvgIpc) is 2.88. The highest BCUT2D eigenvalue weighted by molar-refractivity contribution is 4.95. The van der Waals surface area contributed by atoms with Crippen LogP contribution in [0.1, 0.15) is 50.4 Å². The fourth-order valence-electron chi connectivity index (χ4n) is 2.58. The monoisotopic (exact) mass is 252 g/mol. The highest BCUT2D eigenvalue weighted by Crippen LogP contribution is 2.29. The molecule has 102 valence electrons. The second-order valence-electron chi connectivity index (χ2n) is 4.90. The van der Waals surface area contributed by atoms with Crippen molar-refractivity contribution in [2.24, 2.45) is 0 Å². The lowest BCUT2D eigenvalue weighted by molar-refractivity contribution is 0.125. The number of hydrogen-bond donors (Lipinski definition) is 1. The topological polar surface area (TPSA) is 54.2 Å².